The maximum Gasteiger partial charge on any atom is 0.170 e. The second-order valence-corrected chi connectivity index (χ2v) is 7.11. The van der Waals surface area contributed by atoms with Crippen molar-refractivity contribution in [3.8, 4) is 5.75 Å². The Hall–Kier alpha value is 0.290. The first kappa shape index (κ1) is 15.7. The molecule has 0 spiro atoms. The van der Waals surface area contributed by atoms with Gasteiger partial charge in [-0.05, 0) is 59.5 Å². The maximum absolute atomic E-state index is 12.1. The summed E-state index contributed by atoms with van der Waals surface area (Å²) in [5, 5.41) is 0. The molecule has 6 heteroatoms. The fourth-order valence-electron chi connectivity index (χ4n) is 2.11. The predicted molar refractivity (Wildman–Crippen MR) is 89.6 cm³/mol. The molecule has 2 rings (SSSR count). The van der Waals surface area contributed by atoms with Gasteiger partial charge in [0.05, 0.1) is 18.6 Å². The molecule has 0 fully saturated rings. The zero-order valence-electron chi connectivity index (χ0n) is 10.3. The van der Waals surface area contributed by atoms with Gasteiger partial charge >= 0.3 is 0 Å². The van der Waals surface area contributed by atoms with Crippen molar-refractivity contribution in [1.82, 2.24) is 0 Å². The lowest BCUT2D eigenvalue weighted by Crippen LogP contribution is -2.26. The Balaban J connectivity index is 1.87. The van der Waals surface area contributed by atoms with Crippen LogP contribution < -0.4 is 4.74 Å². The highest BCUT2D eigenvalue weighted by atomic mass is 127. The van der Waals surface area contributed by atoms with Crippen LogP contribution in [0.1, 0.15) is 36.0 Å². The van der Waals surface area contributed by atoms with Gasteiger partial charge < -0.3 is 9.26 Å². The van der Waals surface area contributed by atoms with E-state index in [1.54, 1.807) is 0 Å². The summed E-state index contributed by atoms with van der Waals surface area (Å²) < 4.78 is 12.1. The summed E-state index contributed by atoms with van der Waals surface area (Å²) in [7, 11) is 0. The lowest BCUT2D eigenvalue weighted by molar-refractivity contribution is 0.0834. The summed E-state index contributed by atoms with van der Waals surface area (Å²) in [6.45, 7) is 1.32. The first-order chi connectivity index (χ1) is 9.20. The highest BCUT2D eigenvalue weighted by Crippen LogP contribution is 2.31. The van der Waals surface area contributed by atoms with Crippen molar-refractivity contribution >= 4 is 50.2 Å². The largest absolute Gasteiger partial charge is 0.489 e. The van der Waals surface area contributed by atoms with Crippen molar-refractivity contribution < 1.29 is 14.1 Å². The van der Waals surface area contributed by atoms with Gasteiger partial charge in [-0.3, -0.25) is 4.79 Å². The molecule has 19 heavy (non-hydrogen) atoms. The Morgan fingerprint density at radius 2 is 2.32 bits per heavy atom. The lowest BCUT2D eigenvalue weighted by atomic mass is 9.98. The van der Waals surface area contributed by atoms with Crippen molar-refractivity contribution in [2.75, 3.05) is 6.61 Å². The molecule has 1 aromatic rings. The molecular weight excluding hydrogens is 442 g/mol. The topological polar surface area (TPSA) is 35.5 Å². The van der Waals surface area contributed by atoms with E-state index in [2.05, 4.69) is 38.0 Å². The van der Waals surface area contributed by atoms with Crippen LogP contribution in [0.3, 0.4) is 0 Å². The van der Waals surface area contributed by atoms with E-state index in [0.29, 0.717) is 18.4 Å². The molecule has 0 saturated carbocycles. The van der Waals surface area contributed by atoms with Crippen LogP contribution in [0.15, 0.2) is 22.7 Å². The minimum Gasteiger partial charge on any atom is -0.489 e. The number of ether oxygens (including phenoxy) is 1. The summed E-state index contributed by atoms with van der Waals surface area (Å²) in [4.78, 5) is 12.1. The summed E-state index contributed by atoms with van der Waals surface area (Å²) in [6, 6.07) is 5.61. The van der Waals surface area contributed by atoms with Crippen LogP contribution in [-0.2, 0) is 4.52 Å². The summed E-state index contributed by atoms with van der Waals surface area (Å²) >= 11 is 5.60. The van der Waals surface area contributed by atoms with E-state index in [1.807, 2.05) is 18.2 Å². The van der Waals surface area contributed by atoms with Crippen LogP contribution in [0, 0.1) is 0 Å². The van der Waals surface area contributed by atoms with Crippen molar-refractivity contribution in [1.29, 1.82) is 0 Å². The van der Waals surface area contributed by atoms with Gasteiger partial charge in [-0.25, -0.2) is 0 Å². The standard InChI is InChI=1S/C13H15BrIO3P/c14-9-4-5-13-11(7-9)12(16)8-10(18-13)3-1-2-6-17-19-15/h4-5,7,10,19H,1-3,6,8H2. The van der Waals surface area contributed by atoms with Gasteiger partial charge in [0.2, 0.25) is 0 Å². The smallest absolute Gasteiger partial charge is 0.170 e. The first-order valence-electron chi connectivity index (χ1n) is 6.17. The number of hydrogen-bond donors (Lipinski definition) is 0. The van der Waals surface area contributed by atoms with E-state index < -0.39 is 0 Å². The highest BCUT2D eigenvalue weighted by Gasteiger charge is 2.26. The normalized spacial score (nSPS) is 18.6. The van der Waals surface area contributed by atoms with Gasteiger partial charge in [0.1, 0.15) is 11.9 Å². The summed E-state index contributed by atoms with van der Waals surface area (Å²) in [5.41, 5.74) is 0.695. The molecule has 2 unspecified atom stereocenters. The second kappa shape index (κ2) is 7.91. The third kappa shape index (κ3) is 4.66. The van der Waals surface area contributed by atoms with E-state index >= 15 is 0 Å². The molecule has 3 nitrogen and oxygen atoms in total. The fraction of sp³-hybridized carbons (Fsp3) is 0.462. The van der Waals surface area contributed by atoms with Gasteiger partial charge in [0.25, 0.3) is 0 Å². The molecule has 1 aliphatic heterocycles. The van der Waals surface area contributed by atoms with Crippen molar-refractivity contribution in [3.05, 3.63) is 28.2 Å². The Kier molecular flexibility index (Phi) is 6.53. The van der Waals surface area contributed by atoms with E-state index in [9.17, 15) is 4.79 Å². The molecule has 0 radical (unpaired) electrons. The molecule has 0 bridgehead atoms. The average molecular weight is 457 g/mol. The number of fused-ring (bicyclic) bond motifs is 1. The lowest BCUT2D eigenvalue weighted by Gasteiger charge is -2.25. The van der Waals surface area contributed by atoms with E-state index in [1.165, 1.54) is 0 Å². The molecule has 2 atom stereocenters. The molecule has 0 amide bonds. The molecule has 1 aromatic carbocycles. The van der Waals surface area contributed by atoms with Crippen LogP contribution in [0.5, 0.6) is 5.75 Å². The Morgan fingerprint density at radius 3 is 3.11 bits per heavy atom. The minimum absolute atomic E-state index is 0.0169. The highest BCUT2D eigenvalue weighted by molar-refractivity contribution is 14.2. The van der Waals surface area contributed by atoms with Gasteiger partial charge in [-0.15, -0.1) is 0 Å². The number of ketones is 1. The molecule has 104 valence electrons. The number of Topliss-reactive ketones (excluding diaryl/α,β-unsaturated/α-hetero) is 1. The van der Waals surface area contributed by atoms with Crippen LogP contribution in [0.4, 0.5) is 0 Å². The van der Waals surface area contributed by atoms with Crippen LogP contribution >= 0.6 is 44.4 Å². The quantitative estimate of drug-likeness (QED) is 0.346. The molecular formula is C13H15BrIO3P. The first-order valence-corrected chi connectivity index (χ1v) is 11.0. The summed E-state index contributed by atoms with van der Waals surface area (Å²) in [5.74, 6) is 0.895. The van der Waals surface area contributed by atoms with Crippen LogP contribution in [0.2, 0.25) is 0 Å². The molecule has 1 aliphatic rings. The van der Waals surface area contributed by atoms with Crippen LogP contribution in [-0.4, -0.2) is 18.5 Å². The number of halogens is 2. The van der Waals surface area contributed by atoms with Gasteiger partial charge in [0.15, 0.2) is 5.78 Å². The van der Waals surface area contributed by atoms with Gasteiger partial charge in [-0.2, -0.15) is 0 Å². The number of carbonyl (C=O) groups excluding carboxylic acids is 1. The Labute approximate surface area is 136 Å². The van der Waals surface area contributed by atoms with E-state index in [-0.39, 0.29) is 11.9 Å². The Bertz CT molecular complexity index is 456. The van der Waals surface area contributed by atoms with Crippen molar-refractivity contribution in [2.24, 2.45) is 0 Å². The molecule has 0 aliphatic carbocycles. The number of unbranched alkanes of at least 4 members (excludes halogenated alkanes) is 1. The molecule has 1 heterocycles. The number of carbonyl (C=O) groups is 1. The third-order valence-corrected chi connectivity index (χ3v) is 4.77. The van der Waals surface area contributed by atoms with Crippen molar-refractivity contribution in [2.45, 2.75) is 31.8 Å². The zero-order chi connectivity index (χ0) is 13.7. The molecule has 0 saturated heterocycles. The van der Waals surface area contributed by atoms with E-state index in [0.717, 1.165) is 36.1 Å². The summed E-state index contributed by atoms with van der Waals surface area (Å²) in [6.07, 6.45) is 3.47. The van der Waals surface area contributed by atoms with Crippen molar-refractivity contribution in [3.63, 3.8) is 0 Å². The van der Waals surface area contributed by atoms with Gasteiger partial charge in [0, 0.05) is 10.9 Å². The molecule has 0 aromatic heterocycles. The van der Waals surface area contributed by atoms with E-state index in [4.69, 9.17) is 9.26 Å². The third-order valence-electron chi connectivity index (χ3n) is 3.03. The number of rotatable bonds is 6. The zero-order valence-corrected chi connectivity index (χ0v) is 15.1. The second-order valence-electron chi connectivity index (χ2n) is 4.43. The fourth-order valence-corrected chi connectivity index (χ4v) is 3.35. The number of benzene rings is 1. The monoisotopic (exact) mass is 456 g/mol. The van der Waals surface area contributed by atoms with Crippen LogP contribution in [0.25, 0.3) is 0 Å². The molecule has 0 N–H and O–H groups in total. The maximum atomic E-state index is 12.1. The SMILES string of the molecule is O=C1CC(CCCCOPI)Oc2ccc(Br)cc21. The Morgan fingerprint density at radius 1 is 1.47 bits per heavy atom. The number of hydrogen-bond acceptors (Lipinski definition) is 3. The van der Waals surface area contributed by atoms with Gasteiger partial charge in [-0.1, -0.05) is 15.9 Å². The minimum atomic E-state index is 0.0169. The predicted octanol–water partition coefficient (Wildman–Crippen LogP) is 4.91. The average Bonchev–Trinajstić information content (AvgIpc) is 2.39.